The summed E-state index contributed by atoms with van der Waals surface area (Å²) in [6, 6.07) is 4.41. The Morgan fingerprint density at radius 1 is 1.30 bits per heavy atom. The van der Waals surface area contributed by atoms with Crippen molar-refractivity contribution in [3.63, 3.8) is 0 Å². The van der Waals surface area contributed by atoms with Gasteiger partial charge in [-0.25, -0.2) is 23.2 Å². The largest absolute Gasteiger partial charge is 0.480 e. The van der Waals surface area contributed by atoms with Gasteiger partial charge < -0.3 is 20.6 Å². The number of anilines is 3. The Hall–Kier alpha value is -3.64. The maximum absolute atomic E-state index is 13.4. The Labute approximate surface area is 220 Å². The molecular weight excluding hydrogens is 520 g/mol. The number of aliphatic carboxylic acids is 1. The summed E-state index contributed by atoms with van der Waals surface area (Å²) >= 11 is 6.44. The number of carbonyl (C=O) groups excluding carboxylic acids is 1. The number of nitrogens with two attached hydrogens (primary N) is 1. The van der Waals surface area contributed by atoms with Crippen molar-refractivity contribution in [2.24, 2.45) is 0 Å². The molecule has 0 spiro atoms. The number of likely N-dealkylation sites (tertiary alicyclic amines) is 1. The number of benzene rings is 1. The third-order valence-corrected chi connectivity index (χ3v) is 7.66. The summed E-state index contributed by atoms with van der Waals surface area (Å²) in [6.45, 7) is 1.87. The second-order valence-corrected chi connectivity index (χ2v) is 10.4. The monoisotopic (exact) mass is 546 g/mol. The van der Waals surface area contributed by atoms with Crippen LogP contribution in [0.2, 0.25) is 5.02 Å². The number of rotatable bonds is 8. The van der Waals surface area contributed by atoms with Gasteiger partial charge >= 0.3 is 5.97 Å². The van der Waals surface area contributed by atoms with Crippen LogP contribution in [-0.4, -0.2) is 73.0 Å². The number of aryl methyl sites for hydroxylation is 1. The lowest BCUT2D eigenvalue weighted by Gasteiger charge is -2.28. The lowest BCUT2D eigenvalue weighted by molar-refractivity contribution is -0.148. The molecule has 13 heteroatoms. The van der Waals surface area contributed by atoms with Crippen LogP contribution in [0.3, 0.4) is 0 Å². The first kappa shape index (κ1) is 26.4. The van der Waals surface area contributed by atoms with Gasteiger partial charge in [-0.05, 0) is 54.1 Å². The first-order chi connectivity index (χ1) is 17.5. The predicted octanol–water partition coefficient (Wildman–Crippen LogP) is 1.87. The number of pyridine rings is 2. The van der Waals surface area contributed by atoms with Gasteiger partial charge in [-0.2, -0.15) is 0 Å². The molecule has 3 aromatic rings. The average molecular weight is 547 g/mol. The molecule has 37 heavy (non-hydrogen) atoms. The number of carboxylic acids is 1. The molecule has 0 bridgehead atoms. The maximum Gasteiger partial charge on any atom is 0.326 e. The second-order valence-electron chi connectivity index (χ2n) is 9.07. The van der Waals surface area contributed by atoms with Crippen LogP contribution in [0.25, 0.3) is 10.8 Å². The minimum absolute atomic E-state index is 0.0630. The second kappa shape index (κ2) is 10.4. The van der Waals surface area contributed by atoms with Crippen molar-refractivity contribution in [3.8, 4) is 0 Å². The molecular formula is C24H27ClN6O5S. The van der Waals surface area contributed by atoms with Crippen LogP contribution in [0.5, 0.6) is 0 Å². The maximum atomic E-state index is 13.4. The van der Waals surface area contributed by atoms with Crippen molar-refractivity contribution in [2.75, 3.05) is 35.6 Å². The summed E-state index contributed by atoms with van der Waals surface area (Å²) in [5, 5.41) is 11.7. The van der Waals surface area contributed by atoms with E-state index in [-0.39, 0.29) is 25.1 Å². The van der Waals surface area contributed by atoms with E-state index in [1.54, 1.807) is 42.3 Å². The van der Waals surface area contributed by atoms with E-state index in [0.717, 1.165) is 15.3 Å². The van der Waals surface area contributed by atoms with E-state index in [2.05, 4.69) is 9.97 Å². The van der Waals surface area contributed by atoms with Crippen LogP contribution in [-0.2, 0) is 26.9 Å². The van der Waals surface area contributed by atoms with Gasteiger partial charge in [0, 0.05) is 43.7 Å². The number of nitrogen functional groups attached to an aromatic ring is 1. The summed E-state index contributed by atoms with van der Waals surface area (Å²) in [5.41, 5.74) is 7.41. The van der Waals surface area contributed by atoms with Gasteiger partial charge in [-0.15, -0.1) is 0 Å². The van der Waals surface area contributed by atoms with Crippen molar-refractivity contribution in [2.45, 2.75) is 31.8 Å². The van der Waals surface area contributed by atoms with Gasteiger partial charge in [0.1, 0.15) is 23.7 Å². The van der Waals surface area contributed by atoms with E-state index in [9.17, 15) is 23.1 Å². The molecule has 0 radical (unpaired) electrons. The van der Waals surface area contributed by atoms with Crippen molar-refractivity contribution < 1.29 is 23.1 Å². The molecule has 3 N–H and O–H groups in total. The number of hydrogen-bond acceptors (Lipinski definition) is 8. The van der Waals surface area contributed by atoms with Crippen molar-refractivity contribution >= 4 is 62.5 Å². The fraction of sp³-hybridized carbons (Fsp3) is 0.333. The van der Waals surface area contributed by atoms with Crippen molar-refractivity contribution in [1.82, 2.24) is 14.9 Å². The predicted molar refractivity (Wildman–Crippen MR) is 143 cm³/mol. The number of carboxylic acid groups (broad SMARTS) is 1. The summed E-state index contributed by atoms with van der Waals surface area (Å²) in [4.78, 5) is 37.1. The summed E-state index contributed by atoms with van der Waals surface area (Å²) in [5.74, 6) is -0.843. The smallest absolute Gasteiger partial charge is 0.326 e. The fourth-order valence-corrected chi connectivity index (χ4v) is 5.70. The Balaban J connectivity index is 1.63. The van der Waals surface area contributed by atoms with Crippen LogP contribution in [0.1, 0.15) is 17.5 Å². The highest BCUT2D eigenvalue weighted by Gasteiger charge is 2.43. The van der Waals surface area contributed by atoms with Crippen LogP contribution in [0.15, 0.2) is 36.7 Å². The number of halogens is 1. The molecule has 11 nitrogen and oxygen atoms in total. The topological polar surface area (TPSA) is 150 Å². The van der Waals surface area contributed by atoms with Gasteiger partial charge in [0.2, 0.25) is 16.8 Å². The van der Waals surface area contributed by atoms with Crippen LogP contribution in [0, 0.1) is 6.92 Å². The molecule has 1 fully saturated rings. The van der Waals surface area contributed by atoms with Crippen LogP contribution >= 0.6 is 11.6 Å². The zero-order valence-electron chi connectivity index (χ0n) is 20.5. The molecule has 2 aromatic heterocycles. The van der Waals surface area contributed by atoms with Crippen molar-refractivity contribution in [3.05, 3.63) is 52.8 Å². The Bertz CT molecular complexity index is 1460. The van der Waals surface area contributed by atoms with Crippen LogP contribution in [0.4, 0.5) is 17.3 Å². The number of fused-ring (bicyclic) bond motifs is 1. The molecule has 1 aromatic carbocycles. The number of thiol groups is 1. The molecule has 2 atom stereocenters. The quantitative estimate of drug-likeness (QED) is 0.360. The third-order valence-electron chi connectivity index (χ3n) is 6.44. The van der Waals surface area contributed by atoms with Crippen molar-refractivity contribution in [1.29, 1.82) is 0 Å². The molecule has 1 saturated heterocycles. The fourth-order valence-electron chi connectivity index (χ4n) is 4.72. The molecule has 3 heterocycles. The first-order valence-electron chi connectivity index (χ1n) is 11.4. The third kappa shape index (κ3) is 5.12. The van der Waals surface area contributed by atoms with Gasteiger partial charge in [0.05, 0.1) is 11.9 Å². The lowest BCUT2D eigenvalue weighted by Crippen LogP contribution is -2.48. The van der Waals surface area contributed by atoms with Gasteiger partial charge in [-0.3, -0.25) is 9.10 Å². The highest BCUT2D eigenvalue weighted by molar-refractivity contribution is 7.74. The number of amides is 1. The molecule has 1 aliphatic heterocycles. The number of carbonyl (C=O) groups is 2. The Morgan fingerprint density at radius 2 is 2.03 bits per heavy atom. The standard InChI is InChI=1S/C24H27ClN6O5S/c1-13-8-16(12-28-22(13)29(2)3)31(37(35)36)19-5-7-30(23(19)32)20(24(33)34)10-15-9-14-4-6-27-21(26)17(14)11-18(15)25/h4,6,8-9,11-12,19-20,37H,5,7,10H2,1-3H3,(H2,26,27)(H,33,34)/t19-,20+/m0/s1. The summed E-state index contributed by atoms with van der Waals surface area (Å²) < 4.78 is 25.5. The van der Waals surface area contributed by atoms with E-state index in [4.69, 9.17) is 17.3 Å². The zero-order valence-corrected chi connectivity index (χ0v) is 22.1. The Kier molecular flexibility index (Phi) is 7.42. The molecule has 4 rings (SSSR count). The number of aromatic nitrogens is 2. The van der Waals surface area contributed by atoms with E-state index < -0.39 is 34.9 Å². The highest BCUT2D eigenvalue weighted by atomic mass is 35.5. The molecule has 0 aliphatic carbocycles. The zero-order chi connectivity index (χ0) is 27.0. The molecule has 1 aliphatic rings. The lowest BCUT2D eigenvalue weighted by atomic mass is 10.0. The number of nitrogens with zero attached hydrogens (tertiary/aromatic N) is 5. The first-order valence-corrected chi connectivity index (χ1v) is 12.9. The average Bonchev–Trinajstić information content (AvgIpc) is 3.18. The summed E-state index contributed by atoms with van der Waals surface area (Å²) in [6.07, 6.45) is 3.01. The van der Waals surface area contributed by atoms with Gasteiger partial charge in [-0.1, -0.05) is 11.6 Å². The SMILES string of the molecule is Cc1cc(N([C@H]2CCN([C@H](Cc3cc4ccnc(N)c4cc3Cl)C(=O)O)C2=O)[SH](=O)=O)cnc1N(C)C. The normalized spacial score (nSPS) is 16.4. The van der Waals surface area contributed by atoms with E-state index in [1.807, 2.05) is 14.1 Å². The molecule has 0 saturated carbocycles. The van der Waals surface area contributed by atoms with E-state index in [1.165, 1.54) is 11.1 Å². The highest BCUT2D eigenvalue weighted by Crippen LogP contribution is 2.31. The number of hydrogen-bond donors (Lipinski definition) is 3. The minimum Gasteiger partial charge on any atom is -0.480 e. The minimum atomic E-state index is -3.20. The van der Waals surface area contributed by atoms with E-state index >= 15 is 0 Å². The Morgan fingerprint density at radius 3 is 2.65 bits per heavy atom. The van der Waals surface area contributed by atoms with Gasteiger partial charge in [0.25, 0.3) is 0 Å². The van der Waals surface area contributed by atoms with Gasteiger partial charge in [0.15, 0.2) is 0 Å². The molecule has 0 unspecified atom stereocenters. The molecule has 196 valence electrons. The molecule has 1 amide bonds. The van der Waals surface area contributed by atoms with E-state index in [0.29, 0.717) is 27.6 Å². The summed E-state index contributed by atoms with van der Waals surface area (Å²) in [7, 11) is 0.438. The van der Waals surface area contributed by atoms with Crippen LogP contribution < -0.4 is 14.9 Å².